The summed E-state index contributed by atoms with van der Waals surface area (Å²) in [7, 11) is -3.67. The van der Waals surface area contributed by atoms with Crippen molar-refractivity contribution >= 4 is 21.8 Å². The molecule has 0 aliphatic carbocycles. The molecule has 146 valence electrons. The zero-order chi connectivity index (χ0) is 19.6. The van der Waals surface area contributed by atoms with Crippen molar-refractivity contribution < 1.29 is 17.7 Å². The van der Waals surface area contributed by atoms with Crippen molar-refractivity contribution in [3.05, 3.63) is 40.4 Å². The lowest BCUT2D eigenvalue weighted by atomic mass is 10.1. The third-order valence-electron chi connectivity index (χ3n) is 4.36. The van der Waals surface area contributed by atoms with Gasteiger partial charge in [-0.05, 0) is 24.8 Å². The smallest absolute Gasteiger partial charge is 0.251 e. The summed E-state index contributed by atoms with van der Waals surface area (Å²) in [5.41, 5.74) is 0.229. The summed E-state index contributed by atoms with van der Waals surface area (Å²) in [5, 5.41) is 6.36. The number of amides is 1. The minimum Gasteiger partial charge on any atom is -0.338 e. The van der Waals surface area contributed by atoms with Gasteiger partial charge in [-0.15, -0.1) is 0 Å². The molecule has 9 nitrogen and oxygen atoms in total. The molecular weight excluding hydrogens is 372 g/mol. The van der Waals surface area contributed by atoms with Gasteiger partial charge in [0.2, 0.25) is 21.8 Å². The Hall–Kier alpha value is -2.46. The van der Waals surface area contributed by atoms with E-state index in [1.54, 1.807) is 6.07 Å². The van der Waals surface area contributed by atoms with Crippen molar-refractivity contribution in [1.29, 1.82) is 0 Å². The number of rotatable bonds is 6. The lowest BCUT2D eigenvalue weighted by Gasteiger charge is -2.16. The lowest BCUT2D eigenvalue weighted by Crippen LogP contribution is -2.31. The Labute approximate surface area is 157 Å². The number of nitrogens with one attached hydrogen (secondary N) is 1. The molecule has 2 aromatic rings. The molecule has 0 radical (unpaired) electrons. The maximum Gasteiger partial charge on any atom is 0.251 e. The predicted molar refractivity (Wildman–Crippen MR) is 97.9 cm³/mol. The lowest BCUT2D eigenvalue weighted by molar-refractivity contribution is -0.116. The van der Waals surface area contributed by atoms with E-state index in [1.807, 2.05) is 13.8 Å². The van der Waals surface area contributed by atoms with Gasteiger partial charge in [0.15, 0.2) is 0 Å². The Morgan fingerprint density at radius 3 is 2.63 bits per heavy atom. The highest BCUT2D eigenvalue weighted by atomic mass is 32.2. The van der Waals surface area contributed by atoms with E-state index in [0.29, 0.717) is 18.8 Å². The van der Waals surface area contributed by atoms with E-state index in [4.69, 9.17) is 4.52 Å². The van der Waals surface area contributed by atoms with Gasteiger partial charge in [0.1, 0.15) is 6.54 Å². The van der Waals surface area contributed by atoms with Gasteiger partial charge in [-0.1, -0.05) is 19.0 Å². The van der Waals surface area contributed by atoms with Crippen molar-refractivity contribution in [3.8, 4) is 0 Å². The second-order valence-electron chi connectivity index (χ2n) is 6.76. The highest BCUT2D eigenvalue weighted by molar-refractivity contribution is 7.89. The molecule has 0 bridgehead atoms. The summed E-state index contributed by atoms with van der Waals surface area (Å²) < 4.78 is 32.7. The number of pyridine rings is 1. The first-order valence-corrected chi connectivity index (χ1v) is 10.2. The maximum atomic E-state index is 12.6. The van der Waals surface area contributed by atoms with Gasteiger partial charge >= 0.3 is 0 Å². The van der Waals surface area contributed by atoms with Gasteiger partial charge in [-0.3, -0.25) is 14.9 Å². The Balaban J connectivity index is 1.76. The van der Waals surface area contributed by atoms with Crippen LogP contribution in [0.2, 0.25) is 0 Å². The summed E-state index contributed by atoms with van der Waals surface area (Å²) in [5.74, 6) is -0.189. The van der Waals surface area contributed by atoms with Crippen molar-refractivity contribution in [3.63, 3.8) is 0 Å². The van der Waals surface area contributed by atoms with E-state index in [1.165, 1.54) is 16.6 Å². The van der Waals surface area contributed by atoms with Crippen molar-refractivity contribution in [2.24, 2.45) is 0 Å². The molecule has 3 rings (SSSR count). The summed E-state index contributed by atoms with van der Waals surface area (Å²) >= 11 is 0. The fourth-order valence-corrected chi connectivity index (χ4v) is 4.35. The van der Waals surface area contributed by atoms with Crippen LogP contribution in [0.4, 0.5) is 5.88 Å². The molecule has 27 heavy (non-hydrogen) atoms. The Bertz CT molecular complexity index is 987. The highest BCUT2D eigenvalue weighted by Gasteiger charge is 2.27. The van der Waals surface area contributed by atoms with Crippen molar-refractivity contribution in [1.82, 2.24) is 14.0 Å². The first-order valence-electron chi connectivity index (χ1n) is 8.74. The highest BCUT2D eigenvalue weighted by Crippen LogP contribution is 2.20. The number of carbonyl (C=O) groups excluding carboxylic acids is 1. The predicted octanol–water partition coefficient (Wildman–Crippen LogP) is 1.38. The summed E-state index contributed by atoms with van der Waals surface area (Å²) in [6.45, 7) is 4.47. The van der Waals surface area contributed by atoms with Crippen LogP contribution in [0.1, 0.15) is 38.3 Å². The molecule has 0 spiro atoms. The molecule has 1 saturated heterocycles. The first kappa shape index (κ1) is 19.3. The topological polar surface area (TPSA) is 115 Å². The third kappa shape index (κ3) is 4.28. The average molecular weight is 394 g/mol. The fraction of sp³-hybridized carbons (Fsp3) is 0.471. The normalized spacial score (nSPS) is 15.4. The molecule has 2 aromatic heterocycles. The van der Waals surface area contributed by atoms with Crippen LogP contribution < -0.4 is 10.9 Å². The van der Waals surface area contributed by atoms with Gasteiger partial charge in [0.25, 0.3) is 5.56 Å². The number of hydrogen-bond donors (Lipinski definition) is 1. The third-order valence-corrected chi connectivity index (χ3v) is 6.24. The molecule has 1 aliphatic rings. The van der Waals surface area contributed by atoms with Gasteiger partial charge in [0, 0.05) is 31.4 Å². The number of carbonyl (C=O) groups is 1. The van der Waals surface area contributed by atoms with Crippen LogP contribution in [0.15, 0.2) is 38.6 Å². The zero-order valence-corrected chi connectivity index (χ0v) is 16.0. The van der Waals surface area contributed by atoms with E-state index in [2.05, 4.69) is 10.5 Å². The van der Waals surface area contributed by atoms with Gasteiger partial charge in [0.05, 0.1) is 10.6 Å². The number of anilines is 1. The number of hydrogen-bond acceptors (Lipinski definition) is 6. The van der Waals surface area contributed by atoms with Gasteiger partial charge in [-0.25, -0.2) is 8.42 Å². The second-order valence-corrected chi connectivity index (χ2v) is 8.70. The minimum absolute atomic E-state index is 0.00133. The molecule has 0 aromatic carbocycles. The van der Waals surface area contributed by atoms with Crippen LogP contribution in [0, 0.1) is 0 Å². The Morgan fingerprint density at radius 2 is 2.00 bits per heavy atom. The maximum absolute atomic E-state index is 12.6. The standard InChI is InChI=1S/C17H22N4O5S/c1-12(2)14-9-16(26-19-14)18-15(22)11-20-10-13(5-6-17(20)23)27(24,25)21-7-3-4-8-21/h5-6,9-10,12H,3-4,7-8,11H2,1-2H3,(H,18,22). The molecule has 3 heterocycles. The minimum atomic E-state index is -3.67. The molecular formula is C17H22N4O5S. The molecule has 1 fully saturated rings. The summed E-state index contributed by atoms with van der Waals surface area (Å²) in [6.07, 6.45) is 2.84. The molecule has 0 atom stereocenters. The monoisotopic (exact) mass is 394 g/mol. The summed E-state index contributed by atoms with van der Waals surface area (Å²) in [4.78, 5) is 24.3. The van der Waals surface area contributed by atoms with Crippen LogP contribution in [-0.2, 0) is 21.4 Å². The van der Waals surface area contributed by atoms with Gasteiger partial charge < -0.3 is 9.09 Å². The van der Waals surface area contributed by atoms with E-state index < -0.39 is 21.5 Å². The fourth-order valence-electron chi connectivity index (χ4n) is 2.81. The number of aromatic nitrogens is 2. The van der Waals surface area contributed by atoms with E-state index in [0.717, 1.165) is 23.5 Å². The van der Waals surface area contributed by atoms with E-state index in [9.17, 15) is 18.0 Å². The number of sulfonamides is 1. The summed E-state index contributed by atoms with van der Waals surface area (Å²) in [6, 6.07) is 4.04. The van der Waals surface area contributed by atoms with Crippen LogP contribution in [0.3, 0.4) is 0 Å². The van der Waals surface area contributed by atoms with Gasteiger partial charge in [-0.2, -0.15) is 4.31 Å². The van der Waals surface area contributed by atoms with Crippen LogP contribution >= 0.6 is 0 Å². The Kier molecular flexibility index (Phi) is 5.47. The molecule has 1 amide bonds. The second kappa shape index (κ2) is 7.65. The van der Waals surface area contributed by atoms with E-state index >= 15 is 0 Å². The zero-order valence-electron chi connectivity index (χ0n) is 15.2. The molecule has 10 heteroatoms. The van der Waals surface area contributed by atoms with Crippen molar-refractivity contribution in [2.75, 3.05) is 18.4 Å². The SMILES string of the molecule is CC(C)c1cc(NC(=O)Cn2cc(S(=O)(=O)N3CCCC3)ccc2=O)on1. The molecule has 0 saturated carbocycles. The first-order chi connectivity index (χ1) is 12.8. The van der Waals surface area contributed by atoms with Crippen LogP contribution in [0.5, 0.6) is 0 Å². The van der Waals surface area contributed by atoms with Crippen molar-refractivity contribution in [2.45, 2.75) is 44.0 Å². The van der Waals surface area contributed by atoms with Crippen LogP contribution in [-0.4, -0.2) is 41.4 Å². The molecule has 1 N–H and O–H groups in total. The molecule has 0 unspecified atom stereocenters. The molecule has 1 aliphatic heterocycles. The Morgan fingerprint density at radius 1 is 1.30 bits per heavy atom. The van der Waals surface area contributed by atoms with E-state index in [-0.39, 0.29) is 23.2 Å². The quantitative estimate of drug-likeness (QED) is 0.792. The largest absolute Gasteiger partial charge is 0.338 e. The average Bonchev–Trinajstić information content (AvgIpc) is 3.28. The van der Waals surface area contributed by atoms with Crippen LogP contribution in [0.25, 0.3) is 0 Å². The number of nitrogens with zero attached hydrogens (tertiary/aromatic N) is 3.